The van der Waals surface area contributed by atoms with Gasteiger partial charge in [-0.25, -0.2) is 9.78 Å². The minimum absolute atomic E-state index is 0.234. The van der Waals surface area contributed by atoms with Crippen LogP contribution in [0.15, 0.2) is 66.7 Å². The number of aromatic amines is 1. The molecule has 3 aromatic carbocycles. The molecule has 4 aromatic rings. The zero-order valence-corrected chi connectivity index (χ0v) is 16.2. The Balaban J connectivity index is 1.48. The number of carbonyl (C=O) groups is 2. The van der Waals surface area contributed by atoms with Gasteiger partial charge in [0, 0.05) is 11.1 Å². The first-order valence-electron chi connectivity index (χ1n) is 9.33. The van der Waals surface area contributed by atoms with E-state index in [1.165, 1.54) is 5.56 Å². The summed E-state index contributed by atoms with van der Waals surface area (Å²) >= 11 is 0. The van der Waals surface area contributed by atoms with Crippen molar-refractivity contribution in [3.05, 3.63) is 89.0 Å². The van der Waals surface area contributed by atoms with Crippen molar-refractivity contribution in [3.8, 4) is 11.4 Å². The standard InChI is InChI=1S/C24H20N2O3/c1-15-3-7-17(8-4-15)22(27)14-29-24(28)19-11-12-20-21(13-19)26-23(25-20)18-9-5-16(2)6-10-18/h3-13H,14H2,1-2H3,(H,25,26). The van der Waals surface area contributed by atoms with Crippen LogP contribution in [0.5, 0.6) is 0 Å². The van der Waals surface area contributed by atoms with Crippen molar-refractivity contribution in [2.75, 3.05) is 6.61 Å². The molecule has 5 nitrogen and oxygen atoms in total. The number of fused-ring (bicyclic) bond motifs is 1. The predicted octanol–water partition coefficient (Wildman–Crippen LogP) is 4.89. The molecule has 0 spiro atoms. The normalized spacial score (nSPS) is 10.8. The van der Waals surface area contributed by atoms with Gasteiger partial charge in [-0.15, -0.1) is 0 Å². The van der Waals surface area contributed by atoms with E-state index in [-0.39, 0.29) is 12.4 Å². The van der Waals surface area contributed by atoms with Gasteiger partial charge >= 0.3 is 5.97 Å². The number of aromatic nitrogens is 2. The third kappa shape index (κ3) is 4.09. The van der Waals surface area contributed by atoms with Crippen molar-refractivity contribution in [1.82, 2.24) is 9.97 Å². The largest absolute Gasteiger partial charge is 0.454 e. The molecule has 0 aliphatic heterocycles. The van der Waals surface area contributed by atoms with Gasteiger partial charge < -0.3 is 9.72 Å². The topological polar surface area (TPSA) is 72.1 Å². The van der Waals surface area contributed by atoms with Crippen LogP contribution in [0.4, 0.5) is 0 Å². The van der Waals surface area contributed by atoms with E-state index in [1.54, 1.807) is 30.3 Å². The molecule has 4 rings (SSSR count). The molecule has 1 N–H and O–H groups in total. The summed E-state index contributed by atoms with van der Waals surface area (Å²) in [5.41, 5.74) is 5.60. The molecule has 0 bridgehead atoms. The van der Waals surface area contributed by atoms with Crippen molar-refractivity contribution in [1.29, 1.82) is 0 Å². The fraction of sp³-hybridized carbons (Fsp3) is 0.125. The SMILES string of the molecule is Cc1ccc(C(=O)COC(=O)c2ccc3nc(-c4ccc(C)cc4)[nH]c3c2)cc1. The van der Waals surface area contributed by atoms with Crippen molar-refractivity contribution in [3.63, 3.8) is 0 Å². The molecule has 0 radical (unpaired) electrons. The fourth-order valence-corrected chi connectivity index (χ4v) is 3.02. The molecule has 1 heterocycles. The molecule has 0 fully saturated rings. The second-order valence-corrected chi connectivity index (χ2v) is 7.05. The Morgan fingerprint density at radius 1 is 0.862 bits per heavy atom. The van der Waals surface area contributed by atoms with E-state index >= 15 is 0 Å². The van der Waals surface area contributed by atoms with Crippen molar-refractivity contribution < 1.29 is 14.3 Å². The summed E-state index contributed by atoms with van der Waals surface area (Å²) < 4.78 is 5.21. The fourth-order valence-electron chi connectivity index (χ4n) is 3.02. The highest BCUT2D eigenvalue weighted by atomic mass is 16.5. The number of carbonyl (C=O) groups excluding carboxylic acids is 2. The number of Topliss-reactive ketones (excluding diaryl/α,β-unsaturated/α-hetero) is 1. The number of hydrogen-bond donors (Lipinski definition) is 1. The molecular formula is C24H20N2O3. The third-order valence-electron chi connectivity index (χ3n) is 4.75. The molecule has 0 aliphatic rings. The highest BCUT2D eigenvalue weighted by Crippen LogP contribution is 2.22. The molecule has 0 aliphatic carbocycles. The maximum Gasteiger partial charge on any atom is 0.338 e. The Kier molecular flexibility index (Phi) is 4.96. The Morgan fingerprint density at radius 2 is 1.48 bits per heavy atom. The third-order valence-corrected chi connectivity index (χ3v) is 4.75. The summed E-state index contributed by atoms with van der Waals surface area (Å²) in [6.07, 6.45) is 0. The lowest BCUT2D eigenvalue weighted by Crippen LogP contribution is -2.14. The van der Waals surface area contributed by atoms with Crippen LogP contribution in [0.1, 0.15) is 31.8 Å². The van der Waals surface area contributed by atoms with Crippen LogP contribution in [-0.2, 0) is 4.74 Å². The second-order valence-electron chi connectivity index (χ2n) is 7.05. The van der Waals surface area contributed by atoms with E-state index in [2.05, 4.69) is 9.97 Å². The highest BCUT2D eigenvalue weighted by Gasteiger charge is 2.14. The maximum absolute atomic E-state index is 12.4. The molecule has 0 saturated carbocycles. The molecule has 144 valence electrons. The summed E-state index contributed by atoms with van der Waals surface area (Å²) in [6, 6.07) is 20.3. The van der Waals surface area contributed by atoms with Crippen LogP contribution in [0.2, 0.25) is 0 Å². The molecule has 0 unspecified atom stereocenters. The number of hydrogen-bond acceptors (Lipinski definition) is 4. The van der Waals surface area contributed by atoms with Crippen LogP contribution >= 0.6 is 0 Å². The number of ketones is 1. The van der Waals surface area contributed by atoms with Gasteiger partial charge in [-0.3, -0.25) is 4.79 Å². The van der Waals surface area contributed by atoms with Crippen molar-refractivity contribution >= 4 is 22.8 Å². The van der Waals surface area contributed by atoms with Gasteiger partial charge in [-0.05, 0) is 32.0 Å². The van der Waals surface area contributed by atoms with E-state index in [0.29, 0.717) is 11.1 Å². The summed E-state index contributed by atoms with van der Waals surface area (Å²) in [6.45, 7) is 3.69. The minimum Gasteiger partial charge on any atom is -0.454 e. The Morgan fingerprint density at radius 3 is 2.17 bits per heavy atom. The van der Waals surface area contributed by atoms with E-state index in [1.807, 2.05) is 50.2 Å². The quantitative estimate of drug-likeness (QED) is 0.393. The van der Waals surface area contributed by atoms with Crippen molar-refractivity contribution in [2.45, 2.75) is 13.8 Å². The van der Waals surface area contributed by atoms with E-state index in [0.717, 1.165) is 28.0 Å². The first kappa shape index (κ1) is 18.6. The number of ether oxygens (including phenoxy) is 1. The number of imidazole rings is 1. The monoisotopic (exact) mass is 384 g/mol. The molecule has 0 saturated heterocycles. The number of benzene rings is 3. The molecule has 1 aromatic heterocycles. The first-order chi connectivity index (χ1) is 14.0. The zero-order valence-electron chi connectivity index (χ0n) is 16.2. The first-order valence-corrected chi connectivity index (χ1v) is 9.33. The lowest BCUT2D eigenvalue weighted by Gasteiger charge is -2.05. The van der Waals surface area contributed by atoms with Crippen LogP contribution in [0.25, 0.3) is 22.4 Å². The van der Waals surface area contributed by atoms with Gasteiger partial charge in [-0.2, -0.15) is 0 Å². The van der Waals surface area contributed by atoms with Gasteiger partial charge in [0.15, 0.2) is 12.4 Å². The maximum atomic E-state index is 12.4. The number of esters is 1. The summed E-state index contributed by atoms with van der Waals surface area (Å²) in [7, 11) is 0. The lowest BCUT2D eigenvalue weighted by atomic mass is 10.1. The Labute approximate surface area is 168 Å². The number of H-pyrrole nitrogens is 1. The number of nitrogens with zero attached hydrogens (tertiary/aromatic N) is 1. The lowest BCUT2D eigenvalue weighted by molar-refractivity contribution is 0.0475. The average Bonchev–Trinajstić information content (AvgIpc) is 3.16. The summed E-state index contributed by atoms with van der Waals surface area (Å²) in [5.74, 6) is -0.0402. The highest BCUT2D eigenvalue weighted by molar-refractivity contribution is 6.00. The predicted molar refractivity (Wildman–Crippen MR) is 112 cm³/mol. The van der Waals surface area contributed by atoms with Gasteiger partial charge in [0.1, 0.15) is 5.82 Å². The smallest absolute Gasteiger partial charge is 0.338 e. The van der Waals surface area contributed by atoms with Crippen LogP contribution in [-0.4, -0.2) is 28.3 Å². The van der Waals surface area contributed by atoms with E-state index in [9.17, 15) is 9.59 Å². The molecule has 0 amide bonds. The number of nitrogens with one attached hydrogen (secondary N) is 1. The molecule has 5 heteroatoms. The van der Waals surface area contributed by atoms with Gasteiger partial charge in [-0.1, -0.05) is 59.7 Å². The Hall–Kier alpha value is -3.73. The van der Waals surface area contributed by atoms with Crippen LogP contribution in [0.3, 0.4) is 0 Å². The van der Waals surface area contributed by atoms with Crippen molar-refractivity contribution in [2.24, 2.45) is 0 Å². The summed E-state index contributed by atoms with van der Waals surface area (Å²) in [4.78, 5) is 32.4. The Bertz CT molecular complexity index is 1190. The van der Waals surface area contributed by atoms with Gasteiger partial charge in [0.05, 0.1) is 16.6 Å². The minimum atomic E-state index is -0.543. The van der Waals surface area contributed by atoms with Crippen LogP contribution in [0, 0.1) is 13.8 Å². The molecule has 29 heavy (non-hydrogen) atoms. The van der Waals surface area contributed by atoms with E-state index < -0.39 is 5.97 Å². The molecular weight excluding hydrogens is 364 g/mol. The second kappa shape index (κ2) is 7.72. The number of rotatable bonds is 5. The summed E-state index contributed by atoms with van der Waals surface area (Å²) in [5, 5.41) is 0. The number of aryl methyl sites for hydroxylation is 2. The van der Waals surface area contributed by atoms with Gasteiger partial charge in [0.2, 0.25) is 0 Å². The zero-order chi connectivity index (χ0) is 20.4. The molecule has 0 atom stereocenters. The van der Waals surface area contributed by atoms with E-state index in [4.69, 9.17) is 4.74 Å². The van der Waals surface area contributed by atoms with Gasteiger partial charge in [0.25, 0.3) is 0 Å². The van der Waals surface area contributed by atoms with Crippen LogP contribution < -0.4 is 0 Å². The average molecular weight is 384 g/mol.